The summed E-state index contributed by atoms with van der Waals surface area (Å²) in [7, 11) is 0. The number of Topliss-reactive ketones (excluding diaryl/α,β-unsaturated/α-hetero) is 1. The summed E-state index contributed by atoms with van der Waals surface area (Å²) in [5.74, 6) is -0.446. The van der Waals surface area contributed by atoms with Crippen LogP contribution in [0.3, 0.4) is 0 Å². The number of amides is 1. The number of hydrogen-bond donors (Lipinski definition) is 2. The average molecular weight is 256 g/mol. The molecule has 0 saturated heterocycles. The van der Waals surface area contributed by atoms with E-state index in [2.05, 4.69) is 10.3 Å². The predicted octanol–water partition coefficient (Wildman–Crippen LogP) is 1.83. The van der Waals surface area contributed by atoms with Gasteiger partial charge in [-0.1, -0.05) is 6.07 Å². The molecule has 0 bridgehead atoms. The lowest BCUT2D eigenvalue weighted by atomic mass is 10.1. The molecule has 96 valence electrons. The van der Waals surface area contributed by atoms with E-state index in [-0.39, 0.29) is 17.0 Å². The molecule has 1 amide bonds. The van der Waals surface area contributed by atoms with Crippen molar-refractivity contribution in [3.05, 3.63) is 64.1 Å². The number of ketones is 1. The molecular weight excluding hydrogens is 244 g/mol. The van der Waals surface area contributed by atoms with Crippen LogP contribution in [-0.2, 0) is 0 Å². The lowest BCUT2D eigenvalue weighted by molar-refractivity contribution is 0.101. The van der Waals surface area contributed by atoms with Crippen LogP contribution in [-0.4, -0.2) is 16.7 Å². The molecule has 1 aromatic carbocycles. The summed E-state index contributed by atoms with van der Waals surface area (Å²) < 4.78 is 0. The Morgan fingerprint density at radius 2 is 1.74 bits per heavy atom. The van der Waals surface area contributed by atoms with Gasteiger partial charge in [0, 0.05) is 17.3 Å². The zero-order valence-corrected chi connectivity index (χ0v) is 10.3. The Hall–Kier alpha value is -2.69. The van der Waals surface area contributed by atoms with E-state index >= 15 is 0 Å². The molecule has 0 fully saturated rings. The number of pyridine rings is 1. The number of carbonyl (C=O) groups is 2. The van der Waals surface area contributed by atoms with Crippen LogP contribution in [0.15, 0.2) is 47.3 Å². The number of benzene rings is 1. The summed E-state index contributed by atoms with van der Waals surface area (Å²) in [6.45, 7) is 1.47. The van der Waals surface area contributed by atoms with Crippen molar-refractivity contribution in [1.82, 2.24) is 4.98 Å². The number of aromatic amines is 1. The van der Waals surface area contributed by atoms with Crippen molar-refractivity contribution in [2.75, 3.05) is 5.32 Å². The second kappa shape index (κ2) is 5.30. The second-order valence-corrected chi connectivity index (χ2v) is 4.02. The average Bonchev–Trinajstić information content (AvgIpc) is 2.39. The molecule has 19 heavy (non-hydrogen) atoms. The van der Waals surface area contributed by atoms with E-state index in [1.54, 1.807) is 24.3 Å². The molecule has 0 aliphatic rings. The first-order chi connectivity index (χ1) is 9.06. The first kappa shape index (κ1) is 12.8. The number of carbonyl (C=O) groups excluding carboxylic acids is 2. The number of rotatable bonds is 3. The molecular formula is C14H12N2O3. The predicted molar refractivity (Wildman–Crippen MR) is 71.5 cm³/mol. The summed E-state index contributed by atoms with van der Waals surface area (Å²) in [5.41, 5.74) is 0.980. The van der Waals surface area contributed by atoms with Gasteiger partial charge in [-0.25, -0.2) is 0 Å². The van der Waals surface area contributed by atoms with Crippen LogP contribution in [0, 0.1) is 0 Å². The minimum absolute atomic E-state index is 0.0368. The number of anilines is 1. The molecule has 0 saturated carbocycles. The summed E-state index contributed by atoms with van der Waals surface area (Å²) in [4.78, 5) is 36.5. The van der Waals surface area contributed by atoms with Crippen molar-refractivity contribution in [2.24, 2.45) is 0 Å². The van der Waals surface area contributed by atoms with Gasteiger partial charge in [0.2, 0.25) is 5.56 Å². The number of aromatic nitrogens is 1. The maximum Gasteiger partial charge on any atom is 0.272 e. The third-order valence-electron chi connectivity index (χ3n) is 2.56. The van der Waals surface area contributed by atoms with Crippen LogP contribution >= 0.6 is 0 Å². The molecule has 0 atom stereocenters. The number of H-pyrrole nitrogens is 1. The van der Waals surface area contributed by atoms with Gasteiger partial charge < -0.3 is 10.3 Å². The largest absolute Gasteiger partial charge is 0.321 e. The van der Waals surface area contributed by atoms with Gasteiger partial charge in [0.15, 0.2) is 5.78 Å². The molecule has 1 heterocycles. The Balaban J connectivity index is 2.15. The van der Waals surface area contributed by atoms with Crippen molar-refractivity contribution in [3.8, 4) is 0 Å². The van der Waals surface area contributed by atoms with Gasteiger partial charge in [-0.2, -0.15) is 0 Å². The van der Waals surface area contributed by atoms with E-state index in [1.165, 1.54) is 25.1 Å². The molecule has 0 spiro atoms. The zero-order chi connectivity index (χ0) is 13.8. The van der Waals surface area contributed by atoms with Crippen LogP contribution in [0.2, 0.25) is 0 Å². The molecule has 0 radical (unpaired) electrons. The lowest BCUT2D eigenvalue weighted by Crippen LogP contribution is -2.17. The van der Waals surface area contributed by atoms with Crippen LogP contribution in [0.25, 0.3) is 0 Å². The number of hydrogen-bond acceptors (Lipinski definition) is 3. The van der Waals surface area contributed by atoms with Crippen LogP contribution in [0.1, 0.15) is 27.8 Å². The molecule has 0 aliphatic carbocycles. The fourth-order valence-electron chi connectivity index (χ4n) is 1.57. The van der Waals surface area contributed by atoms with Gasteiger partial charge in [0.25, 0.3) is 5.91 Å². The fourth-order valence-corrected chi connectivity index (χ4v) is 1.57. The van der Waals surface area contributed by atoms with E-state index in [4.69, 9.17) is 0 Å². The highest BCUT2D eigenvalue weighted by molar-refractivity contribution is 6.03. The first-order valence-corrected chi connectivity index (χ1v) is 5.68. The van der Waals surface area contributed by atoms with Gasteiger partial charge in [-0.15, -0.1) is 0 Å². The highest BCUT2D eigenvalue weighted by Gasteiger charge is 2.07. The van der Waals surface area contributed by atoms with Crippen molar-refractivity contribution in [1.29, 1.82) is 0 Å². The Bertz CT molecular complexity index is 672. The lowest BCUT2D eigenvalue weighted by Gasteiger charge is -2.05. The Labute approximate surface area is 109 Å². The molecule has 5 heteroatoms. The normalized spacial score (nSPS) is 9.95. The number of nitrogens with one attached hydrogen (secondary N) is 2. The van der Waals surface area contributed by atoms with Gasteiger partial charge in [-0.3, -0.25) is 14.4 Å². The maximum atomic E-state index is 11.8. The SMILES string of the molecule is CC(=O)c1ccc(NC(=O)c2cccc(=O)[nH]2)cc1. The third kappa shape index (κ3) is 3.16. The van der Waals surface area contributed by atoms with E-state index < -0.39 is 5.91 Å². The highest BCUT2D eigenvalue weighted by atomic mass is 16.2. The van der Waals surface area contributed by atoms with Gasteiger partial charge in [0.05, 0.1) is 0 Å². The quantitative estimate of drug-likeness (QED) is 0.822. The molecule has 1 aromatic heterocycles. The van der Waals surface area contributed by atoms with Crippen LogP contribution in [0.4, 0.5) is 5.69 Å². The summed E-state index contributed by atoms with van der Waals surface area (Å²) >= 11 is 0. The summed E-state index contributed by atoms with van der Waals surface area (Å²) in [6, 6.07) is 10.9. The van der Waals surface area contributed by atoms with Gasteiger partial charge in [-0.05, 0) is 37.3 Å². The van der Waals surface area contributed by atoms with Crippen molar-refractivity contribution < 1.29 is 9.59 Å². The molecule has 0 aliphatic heterocycles. The van der Waals surface area contributed by atoms with E-state index in [0.717, 1.165) is 0 Å². The van der Waals surface area contributed by atoms with Crippen LogP contribution in [0.5, 0.6) is 0 Å². The first-order valence-electron chi connectivity index (χ1n) is 5.68. The smallest absolute Gasteiger partial charge is 0.272 e. The highest BCUT2D eigenvalue weighted by Crippen LogP contribution is 2.10. The monoisotopic (exact) mass is 256 g/mol. The van der Waals surface area contributed by atoms with E-state index in [9.17, 15) is 14.4 Å². The van der Waals surface area contributed by atoms with E-state index in [0.29, 0.717) is 11.3 Å². The minimum Gasteiger partial charge on any atom is -0.321 e. The van der Waals surface area contributed by atoms with Crippen LogP contribution < -0.4 is 10.9 Å². The molecule has 2 rings (SSSR count). The topological polar surface area (TPSA) is 79.0 Å². The van der Waals surface area contributed by atoms with Crippen molar-refractivity contribution in [3.63, 3.8) is 0 Å². The molecule has 2 N–H and O–H groups in total. The standard InChI is InChI=1S/C14H12N2O3/c1-9(17)10-5-7-11(8-6-10)15-14(19)12-3-2-4-13(18)16-12/h2-8H,1H3,(H,15,19)(H,16,18). The Kier molecular flexibility index (Phi) is 3.56. The summed E-state index contributed by atoms with van der Waals surface area (Å²) in [6.07, 6.45) is 0. The summed E-state index contributed by atoms with van der Waals surface area (Å²) in [5, 5.41) is 2.63. The zero-order valence-electron chi connectivity index (χ0n) is 10.3. The van der Waals surface area contributed by atoms with E-state index in [1.807, 2.05) is 0 Å². The molecule has 0 unspecified atom stereocenters. The second-order valence-electron chi connectivity index (χ2n) is 4.02. The molecule has 5 nitrogen and oxygen atoms in total. The van der Waals surface area contributed by atoms with Crippen molar-refractivity contribution in [2.45, 2.75) is 6.92 Å². The minimum atomic E-state index is -0.409. The van der Waals surface area contributed by atoms with Gasteiger partial charge >= 0.3 is 0 Å². The maximum absolute atomic E-state index is 11.8. The molecule has 2 aromatic rings. The fraction of sp³-hybridized carbons (Fsp3) is 0.0714. The Morgan fingerprint density at radius 1 is 1.05 bits per heavy atom. The Morgan fingerprint density at radius 3 is 2.32 bits per heavy atom. The van der Waals surface area contributed by atoms with Crippen molar-refractivity contribution >= 4 is 17.4 Å². The van der Waals surface area contributed by atoms with Gasteiger partial charge in [0.1, 0.15) is 5.69 Å². The third-order valence-corrected chi connectivity index (χ3v) is 2.56.